The summed E-state index contributed by atoms with van der Waals surface area (Å²) < 4.78 is 2.94. The van der Waals surface area contributed by atoms with Gasteiger partial charge in [-0.15, -0.1) is 0 Å². The molecule has 0 aliphatic carbocycles. The first-order valence-electron chi connectivity index (χ1n) is 5.58. The molecule has 0 atom stereocenters. The Morgan fingerprint density at radius 3 is 2.71 bits per heavy atom. The third-order valence-corrected chi connectivity index (χ3v) is 3.50. The molecule has 90 valence electrons. The maximum atomic E-state index is 4.55. The van der Waals surface area contributed by atoms with Crippen LogP contribution in [0.4, 0.5) is 0 Å². The van der Waals surface area contributed by atoms with Gasteiger partial charge >= 0.3 is 0 Å². The molecule has 1 aromatic carbocycles. The van der Waals surface area contributed by atoms with Crippen molar-refractivity contribution in [3.05, 3.63) is 45.7 Å². The van der Waals surface area contributed by atoms with Crippen molar-refractivity contribution >= 4 is 15.9 Å². The molecule has 0 amide bonds. The third kappa shape index (κ3) is 2.58. The van der Waals surface area contributed by atoms with Crippen LogP contribution in [0, 0.1) is 13.8 Å². The minimum Gasteiger partial charge on any atom is -0.314 e. The SMILES string of the molecule is CNCc1nn(-c2ccc(C)c(C)c2)cc1Br. The smallest absolute Gasteiger partial charge is 0.0908 e. The molecule has 0 aliphatic heterocycles. The van der Waals surface area contributed by atoms with E-state index in [1.165, 1.54) is 11.1 Å². The number of aromatic nitrogens is 2. The lowest BCUT2D eigenvalue weighted by atomic mass is 10.1. The largest absolute Gasteiger partial charge is 0.314 e. The van der Waals surface area contributed by atoms with Crippen molar-refractivity contribution in [1.82, 2.24) is 15.1 Å². The molecule has 2 rings (SSSR count). The van der Waals surface area contributed by atoms with Crippen LogP contribution >= 0.6 is 15.9 Å². The van der Waals surface area contributed by atoms with Gasteiger partial charge in [-0.1, -0.05) is 6.07 Å². The van der Waals surface area contributed by atoms with E-state index in [9.17, 15) is 0 Å². The first-order valence-corrected chi connectivity index (χ1v) is 6.37. The minimum atomic E-state index is 0.762. The summed E-state index contributed by atoms with van der Waals surface area (Å²) in [6, 6.07) is 6.36. The fourth-order valence-electron chi connectivity index (χ4n) is 1.68. The number of hydrogen-bond acceptors (Lipinski definition) is 2. The summed E-state index contributed by atoms with van der Waals surface area (Å²) in [6.45, 7) is 4.99. The number of nitrogens with zero attached hydrogens (tertiary/aromatic N) is 2. The molecule has 1 heterocycles. The molecular weight excluding hydrogens is 278 g/mol. The molecule has 4 heteroatoms. The molecule has 0 unspecified atom stereocenters. The van der Waals surface area contributed by atoms with E-state index in [0.29, 0.717) is 0 Å². The van der Waals surface area contributed by atoms with Gasteiger partial charge in [-0.25, -0.2) is 4.68 Å². The second-order valence-electron chi connectivity index (χ2n) is 4.17. The molecule has 1 aromatic heterocycles. The highest BCUT2D eigenvalue weighted by molar-refractivity contribution is 9.10. The van der Waals surface area contributed by atoms with Crippen LogP contribution in [0.1, 0.15) is 16.8 Å². The summed E-state index contributed by atoms with van der Waals surface area (Å²) in [5.41, 5.74) is 4.70. The van der Waals surface area contributed by atoms with Gasteiger partial charge in [0.25, 0.3) is 0 Å². The van der Waals surface area contributed by atoms with Gasteiger partial charge in [-0.2, -0.15) is 5.10 Å². The van der Waals surface area contributed by atoms with Gasteiger partial charge in [0.2, 0.25) is 0 Å². The quantitative estimate of drug-likeness (QED) is 0.943. The van der Waals surface area contributed by atoms with E-state index in [-0.39, 0.29) is 0 Å². The topological polar surface area (TPSA) is 29.9 Å². The van der Waals surface area contributed by atoms with Crippen molar-refractivity contribution in [2.24, 2.45) is 0 Å². The van der Waals surface area contributed by atoms with Crippen molar-refractivity contribution < 1.29 is 0 Å². The fraction of sp³-hybridized carbons (Fsp3) is 0.308. The van der Waals surface area contributed by atoms with E-state index >= 15 is 0 Å². The van der Waals surface area contributed by atoms with Crippen LogP contribution in [-0.4, -0.2) is 16.8 Å². The molecule has 0 saturated heterocycles. The van der Waals surface area contributed by atoms with Gasteiger partial charge in [0.05, 0.1) is 15.9 Å². The first kappa shape index (κ1) is 12.3. The standard InChI is InChI=1S/C13H16BrN3/c1-9-4-5-11(6-10(9)2)17-8-12(14)13(16-17)7-15-3/h4-6,8,15H,7H2,1-3H3. The molecule has 0 aliphatic rings. The second kappa shape index (κ2) is 5.02. The fourth-order valence-corrected chi connectivity index (χ4v) is 2.09. The summed E-state index contributed by atoms with van der Waals surface area (Å²) >= 11 is 3.53. The molecule has 0 bridgehead atoms. The number of hydrogen-bond donors (Lipinski definition) is 1. The summed E-state index contributed by atoms with van der Waals surface area (Å²) in [5, 5.41) is 7.65. The van der Waals surface area contributed by atoms with Crippen LogP contribution in [0.15, 0.2) is 28.9 Å². The molecule has 0 radical (unpaired) electrons. The Balaban J connectivity index is 2.39. The van der Waals surface area contributed by atoms with Gasteiger partial charge in [-0.3, -0.25) is 0 Å². The zero-order chi connectivity index (χ0) is 12.4. The summed E-state index contributed by atoms with van der Waals surface area (Å²) in [7, 11) is 1.92. The molecular formula is C13H16BrN3. The number of halogens is 1. The molecule has 0 saturated carbocycles. The average molecular weight is 294 g/mol. The lowest BCUT2D eigenvalue weighted by molar-refractivity contribution is 0.755. The molecule has 0 fully saturated rings. The van der Waals surface area contributed by atoms with Gasteiger partial charge < -0.3 is 5.32 Å². The van der Waals surface area contributed by atoms with E-state index in [0.717, 1.165) is 22.4 Å². The van der Waals surface area contributed by atoms with Crippen molar-refractivity contribution in [1.29, 1.82) is 0 Å². The maximum Gasteiger partial charge on any atom is 0.0908 e. The zero-order valence-electron chi connectivity index (χ0n) is 10.3. The van der Waals surface area contributed by atoms with Crippen molar-refractivity contribution in [3.63, 3.8) is 0 Å². The number of aryl methyl sites for hydroxylation is 2. The molecule has 17 heavy (non-hydrogen) atoms. The van der Waals surface area contributed by atoms with Gasteiger partial charge in [0.1, 0.15) is 0 Å². The van der Waals surface area contributed by atoms with E-state index in [2.05, 4.69) is 58.4 Å². The highest BCUT2D eigenvalue weighted by Gasteiger charge is 2.07. The monoisotopic (exact) mass is 293 g/mol. The third-order valence-electron chi connectivity index (χ3n) is 2.84. The van der Waals surface area contributed by atoms with Crippen molar-refractivity contribution in [3.8, 4) is 5.69 Å². The van der Waals surface area contributed by atoms with Crippen molar-refractivity contribution in [2.75, 3.05) is 7.05 Å². The zero-order valence-corrected chi connectivity index (χ0v) is 11.9. The lowest BCUT2D eigenvalue weighted by Crippen LogP contribution is -2.07. The molecule has 3 nitrogen and oxygen atoms in total. The molecule has 1 N–H and O–H groups in total. The number of nitrogens with one attached hydrogen (secondary N) is 1. The van der Waals surface area contributed by atoms with Crippen LogP contribution < -0.4 is 5.32 Å². The maximum absolute atomic E-state index is 4.55. The van der Waals surface area contributed by atoms with E-state index in [4.69, 9.17) is 0 Å². The minimum absolute atomic E-state index is 0.762. The number of rotatable bonds is 3. The van der Waals surface area contributed by atoms with Gasteiger partial charge in [0.15, 0.2) is 0 Å². The average Bonchev–Trinajstić information content (AvgIpc) is 2.65. The van der Waals surface area contributed by atoms with E-state index in [1.54, 1.807) is 0 Å². The predicted octanol–water partition coefficient (Wildman–Crippen LogP) is 2.97. The summed E-state index contributed by atoms with van der Waals surface area (Å²) in [6.07, 6.45) is 2.00. The Kier molecular flexibility index (Phi) is 3.64. The van der Waals surface area contributed by atoms with Gasteiger partial charge in [0, 0.05) is 12.7 Å². The van der Waals surface area contributed by atoms with E-state index < -0.39 is 0 Å². The number of benzene rings is 1. The Bertz CT molecular complexity index is 531. The normalized spacial score (nSPS) is 10.8. The van der Waals surface area contributed by atoms with Crippen LogP contribution in [0.5, 0.6) is 0 Å². The first-order chi connectivity index (χ1) is 8.11. The highest BCUT2D eigenvalue weighted by Crippen LogP contribution is 2.19. The van der Waals surface area contributed by atoms with Gasteiger partial charge in [-0.05, 0) is 60.1 Å². The Hall–Kier alpha value is -1.13. The van der Waals surface area contributed by atoms with Crippen LogP contribution in [0.3, 0.4) is 0 Å². The van der Waals surface area contributed by atoms with Crippen LogP contribution in [0.2, 0.25) is 0 Å². The second-order valence-corrected chi connectivity index (χ2v) is 5.02. The van der Waals surface area contributed by atoms with E-state index in [1.807, 2.05) is 17.9 Å². The molecule has 0 spiro atoms. The summed E-state index contributed by atoms with van der Waals surface area (Å²) in [5.74, 6) is 0. The highest BCUT2D eigenvalue weighted by atomic mass is 79.9. The van der Waals surface area contributed by atoms with Crippen LogP contribution in [0.25, 0.3) is 5.69 Å². The Morgan fingerprint density at radius 2 is 2.06 bits per heavy atom. The lowest BCUT2D eigenvalue weighted by Gasteiger charge is -2.05. The Labute approximate surface area is 110 Å². The molecule has 2 aromatic rings. The summed E-state index contributed by atoms with van der Waals surface area (Å²) in [4.78, 5) is 0. The van der Waals surface area contributed by atoms with Crippen LogP contribution in [-0.2, 0) is 6.54 Å². The van der Waals surface area contributed by atoms with Crippen molar-refractivity contribution in [2.45, 2.75) is 20.4 Å². The Morgan fingerprint density at radius 1 is 1.29 bits per heavy atom. The predicted molar refractivity (Wildman–Crippen MR) is 73.5 cm³/mol.